The van der Waals surface area contributed by atoms with Gasteiger partial charge in [0.1, 0.15) is 0 Å². The molecular formula is C23H29IN4O. The average molecular weight is 504 g/mol. The lowest BCUT2D eigenvalue weighted by Gasteiger charge is -2.29. The highest BCUT2D eigenvalue weighted by atomic mass is 127. The molecule has 6 heteroatoms. The molecule has 0 aromatic heterocycles. The molecule has 2 aromatic carbocycles. The number of guanidine groups is 1. The lowest BCUT2D eigenvalue weighted by molar-refractivity contribution is -0.130. The number of halogens is 1. The summed E-state index contributed by atoms with van der Waals surface area (Å²) in [6, 6.07) is 19.0. The van der Waals surface area contributed by atoms with Crippen molar-refractivity contribution < 1.29 is 4.79 Å². The zero-order chi connectivity index (χ0) is 19.4. The van der Waals surface area contributed by atoms with Crippen LogP contribution in [-0.4, -0.2) is 43.4 Å². The number of benzene rings is 2. The van der Waals surface area contributed by atoms with Gasteiger partial charge >= 0.3 is 0 Å². The van der Waals surface area contributed by atoms with Crippen molar-refractivity contribution in [3.8, 4) is 0 Å². The van der Waals surface area contributed by atoms with Gasteiger partial charge in [-0.25, -0.2) is 0 Å². The molecule has 5 nitrogen and oxygen atoms in total. The van der Waals surface area contributed by atoms with Gasteiger partial charge < -0.3 is 15.5 Å². The van der Waals surface area contributed by atoms with Crippen LogP contribution in [0.5, 0.6) is 0 Å². The van der Waals surface area contributed by atoms with Crippen LogP contribution < -0.4 is 10.6 Å². The van der Waals surface area contributed by atoms with E-state index < -0.39 is 0 Å². The minimum Gasteiger partial charge on any atom is -0.356 e. The lowest BCUT2D eigenvalue weighted by Crippen LogP contribution is -2.47. The van der Waals surface area contributed by atoms with E-state index in [0.29, 0.717) is 12.5 Å². The standard InChI is InChI=1S/C23H28N4O.HI/c1-24-22(26-17-23(12-13-23)20-9-3-2-4-10-20)25-15-21(28)27-14-11-18-7-5-6-8-19(18)16-27;/h2-10H,11-17H2,1H3,(H2,24,25,26);1H. The van der Waals surface area contributed by atoms with Gasteiger partial charge in [0.25, 0.3) is 0 Å². The van der Waals surface area contributed by atoms with Crippen LogP contribution in [0.3, 0.4) is 0 Å². The number of rotatable bonds is 5. The van der Waals surface area contributed by atoms with Crippen LogP contribution in [0, 0.1) is 0 Å². The fraction of sp³-hybridized carbons (Fsp3) is 0.391. The van der Waals surface area contributed by atoms with Crippen LogP contribution in [0.1, 0.15) is 29.5 Å². The number of carbonyl (C=O) groups is 1. The van der Waals surface area contributed by atoms with E-state index in [0.717, 1.165) is 19.5 Å². The molecule has 1 fully saturated rings. The number of hydrogen-bond donors (Lipinski definition) is 2. The molecule has 1 amide bonds. The first kappa shape index (κ1) is 21.6. The van der Waals surface area contributed by atoms with Crippen LogP contribution in [0.4, 0.5) is 0 Å². The maximum atomic E-state index is 12.6. The molecule has 4 rings (SSSR count). The van der Waals surface area contributed by atoms with Gasteiger partial charge in [0.15, 0.2) is 5.96 Å². The Morgan fingerprint density at radius 1 is 1.03 bits per heavy atom. The summed E-state index contributed by atoms with van der Waals surface area (Å²) in [4.78, 5) is 18.9. The molecule has 1 heterocycles. The summed E-state index contributed by atoms with van der Waals surface area (Å²) < 4.78 is 0. The normalized spacial score (nSPS) is 17.0. The maximum absolute atomic E-state index is 12.6. The Balaban J connectivity index is 0.00000240. The molecule has 29 heavy (non-hydrogen) atoms. The van der Waals surface area contributed by atoms with Crippen LogP contribution in [-0.2, 0) is 23.2 Å². The minimum atomic E-state index is 0. The summed E-state index contributed by atoms with van der Waals surface area (Å²) >= 11 is 0. The predicted octanol–water partition coefficient (Wildman–Crippen LogP) is 3.09. The average Bonchev–Trinajstić information content (AvgIpc) is 3.55. The molecule has 0 spiro atoms. The number of nitrogens with one attached hydrogen (secondary N) is 2. The first-order valence-electron chi connectivity index (χ1n) is 10.0. The summed E-state index contributed by atoms with van der Waals surface area (Å²) in [6.07, 6.45) is 3.30. The van der Waals surface area contributed by atoms with Crippen LogP contribution in [0.2, 0.25) is 0 Å². The SMILES string of the molecule is CN=C(NCC(=O)N1CCc2ccccc2C1)NCC1(c2ccccc2)CC1.I. The fourth-order valence-corrected chi connectivity index (χ4v) is 3.96. The minimum absolute atomic E-state index is 0. The zero-order valence-corrected chi connectivity index (χ0v) is 19.2. The Labute approximate surface area is 190 Å². The van der Waals surface area contributed by atoms with Crippen molar-refractivity contribution >= 4 is 35.8 Å². The first-order valence-corrected chi connectivity index (χ1v) is 10.0. The van der Waals surface area contributed by atoms with Gasteiger partial charge in [0.2, 0.25) is 5.91 Å². The smallest absolute Gasteiger partial charge is 0.242 e. The van der Waals surface area contributed by atoms with Crippen molar-refractivity contribution in [1.29, 1.82) is 0 Å². The molecule has 1 aliphatic carbocycles. The zero-order valence-electron chi connectivity index (χ0n) is 16.9. The number of amides is 1. The Kier molecular flexibility index (Phi) is 7.16. The maximum Gasteiger partial charge on any atom is 0.242 e. The van der Waals surface area contributed by atoms with E-state index in [-0.39, 0.29) is 41.8 Å². The van der Waals surface area contributed by atoms with Gasteiger partial charge in [-0.2, -0.15) is 0 Å². The highest BCUT2D eigenvalue weighted by Crippen LogP contribution is 2.47. The Bertz CT molecular complexity index is 864. The molecule has 0 radical (unpaired) electrons. The highest BCUT2D eigenvalue weighted by Gasteiger charge is 2.44. The third-order valence-corrected chi connectivity index (χ3v) is 5.95. The molecule has 154 valence electrons. The van der Waals surface area contributed by atoms with Crippen molar-refractivity contribution in [3.05, 3.63) is 71.3 Å². The van der Waals surface area contributed by atoms with Crippen LogP contribution >= 0.6 is 24.0 Å². The van der Waals surface area contributed by atoms with Gasteiger partial charge in [0, 0.05) is 32.1 Å². The molecule has 2 aromatic rings. The molecule has 1 aliphatic heterocycles. The second-order valence-electron chi connectivity index (χ2n) is 7.76. The fourth-order valence-electron chi connectivity index (χ4n) is 3.96. The molecule has 0 bridgehead atoms. The molecule has 0 saturated heterocycles. The van der Waals surface area contributed by atoms with Gasteiger partial charge in [-0.3, -0.25) is 9.79 Å². The summed E-state index contributed by atoms with van der Waals surface area (Å²) in [5, 5.41) is 6.60. The monoisotopic (exact) mass is 504 g/mol. The number of nitrogens with zero attached hydrogens (tertiary/aromatic N) is 2. The third-order valence-electron chi connectivity index (χ3n) is 5.95. The third kappa shape index (κ3) is 5.10. The van der Waals surface area contributed by atoms with E-state index in [1.807, 2.05) is 11.0 Å². The van der Waals surface area contributed by atoms with Gasteiger partial charge in [0.05, 0.1) is 6.54 Å². The Morgan fingerprint density at radius 2 is 1.72 bits per heavy atom. The molecular weight excluding hydrogens is 475 g/mol. The Morgan fingerprint density at radius 3 is 2.41 bits per heavy atom. The van der Waals surface area contributed by atoms with E-state index >= 15 is 0 Å². The number of aliphatic imine (C=N–C) groups is 1. The lowest BCUT2D eigenvalue weighted by atomic mass is 9.96. The van der Waals surface area contributed by atoms with Gasteiger partial charge in [-0.1, -0.05) is 54.6 Å². The van der Waals surface area contributed by atoms with E-state index in [2.05, 4.69) is 64.2 Å². The van der Waals surface area contributed by atoms with E-state index in [9.17, 15) is 4.79 Å². The second kappa shape index (κ2) is 9.61. The number of fused-ring (bicyclic) bond motifs is 1. The quantitative estimate of drug-likeness (QED) is 0.374. The van der Waals surface area contributed by atoms with Crippen molar-refractivity contribution in [3.63, 3.8) is 0 Å². The van der Waals surface area contributed by atoms with Crippen molar-refractivity contribution in [2.24, 2.45) is 4.99 Å². The second-order valence-corrected chi connectivity index (χ2v) is 7.76. The molecule has 0 unspecified atom stereocenters. The van der Waals surface area contributed by atoms with Crippen LogP contribution in [0.15, 0.2) is 59.6 Å². The summed E-state index contributed by atoms with van der Waals surface area (Å²) in [7, 11) is 1.75. The van der Waals surface area contributed by atoms with Crippen molar-refractivity contribution in [2.45, 2.75) is 31.2 Å². The molecule has 2 N–H and O–H groups in total. The summed E-state index contributed by atoms with van der Waals surface area (Å²) in [5.41, 5.74) is 4.19. The highest BCUT2D eigenvalue weighted by molar-refractivity contribution is 14.0. The van der Waals surface area contributed by atoms with Gasteiger partial charge in [-0.15, -0.1) is 24.0 Å². The van der Waals surface area contributed by atoms with Crippen LogP contribution in [0.25, 0.3) is 0 Å². The van der Waals surface area contributed by atoms with Crippen molar-refractivity contribution in [2.75, 3.05) is 26.7 Å². The molecule has 2 aliphatic rings. The molecule has 0 atom stereocenters. The topological polar surface area (TPSA) is 56.7 Å². The number of carbonyl (C=O) groups excluding carboxylic acids is 1. The van der Waals surface area contributed by atoms with Gasteiger partial charge in [-0.05, 0) is 36.0 Å². The summed E-state index contributed by atoms with van der Waals surface area (Å²) in [6.45, 7) is 2.57. The Hall–Kier alpha value is -2.09. The largest absolute Gasteiger partial charge is 0.356 e. The van der Waals surface area contributed by atoms with Crippen molar-refractivity contribution in [1.82, 2.24) is 15.5 Å². The van der Waals surface area contributed by atoms with E-state index in [1.165, 1.54) is 29.5 Å². The molecule has 1 saturated carbocycles. The first-order chi connectivity index (χ1) is 13.7. The summed E-state index contributed by atoms with van der Waals surface area (Å²) in [5.74, 6) is 0.801. The van der Waals surface area contributed by atoms with E-state index in [4.69, 9.17) is 0 Å². The predicted molar refractivity (Wildman–Crippen MR) is 128 cm³/mol. The van der Waals surface area contributed by atoms with E-state index in [1.54, 1.807) is 7.05 Å². The number of hydrogen-bond acceptors (Lipinski definition) is 2.